The van der Waals surface area contributed by atoms with Gasteiger partial charge in [-0.3, -0.25) is 4.90 Å². The molecule has 1 aliphatic rings. The molecule has 2 N–H and O–H groups in total. The molecule has 1 aromatic carbocycles. The number of hydrogen-bond acceptors (Lipinski definition) is 2. The Morgan fingerprint density at radius 3 is 2.50 bits per heavy atom. The van der Waals surface area contributed by atoms with Crippen molar-refractivity contribution in [2.45, 2.75) is 52.1 Å². The van der Waals surface area contributed by atoms with Crippen LogP contribution in [0.3, 0.4) is 0 Å². The van der Waals surface area contributed by atoms with Gasteiger partial charge in [0.15, 0.2) is 0 Å². The van der Waals surface area contributed by atoms with Gasteiger partial charge in [0.1, 0.15) is 0 Å². The molecule has 100 valence electrons. The summed E-state index contributed by atoms with van der Waals surface area (Å²) in [5, 5.41) is 0. The second kappa shape index (κ2) is 5.41. The zero-order valence-corrected chi connectivity index (χ0v) is 12.1. The Balaban J connectivity index is 2.18. The van der Waals surface area contributed by atoms with Crippen LogP contribution in [-0.4, -0.2) is 30.1 Å². The van der Waals surface area contributed by atoms with Crippen LogP contribution in [0, 0.1) is 13.8 Å². The molecule has 2 atom stereocenters. The van der Waals surface area contributed by atoms with Crippen molar-refractivity contribution in [3.8, 4) is 0 Å². The third-order valence-electron chi connectivity index (χ3n) is 4.24. The largest absolute Gasteiger partial charge is 0.327 e. The zero-order valence-electron chi connectivity index (χ0n) is 12.1. The summed E-state index contributed by atoms with van der Waals surface area (Å²) in [4.78, 5) is 2.51. The average molecular weight is 246 g/mol. The maximum absolute atomic E-state index is 6.22. The van der Waals surface area contributed by atoms with Crippen LogP contribution >= 0.6 is 0 Å². The lowest BCUT2D eigenvalue weighted by atomic mass is 9.86. The van der Waals surface area contributed by atoms with Gasteiger partial charge in [-0.1, -0.05) is 18.2 Å². The molecule has 1 aromatic rings. The first kappa shape index (κ1) is 13.6. The molecule has 0 radical (unpaired) electrons. The summed E-state index contributed by atoms with van der Waals surface area (Å²) in [5.41, 5.74) is 10.4. The fourth-order valence-corrected chi connectivity index (χ4v) is 2.86. The summed E-state index contributed by atoms with van der Waals surface area (Å²) in [7, 11) is 0. The van der Waals surface area contributed by atoms with E-state index in [0.29, 0.717) is 18.0 Å². The highest BCUT2D eigenvalue weighted by Crippen LogP contribution is 2.28. The smallest absolute Gasteiger partial charge is 0.0174 e. The third-order valence-corrected chi connectivity index (χ3v) is 4.24. The van der Waals surface area contributed by atoms with Crippen LogP contribution in [0.4, 0.5) is 0 Å². The SMILES string of the molecule is Cc1ccc(C2CC(N)CN(C(C)C)C2)cc1C. The molecule has 0 aromatic heterocycles. The van der Waals surface area contributed by atoms with Crippen molar-refractivity contribution in [3.63, 3.8) is 0 Å². The average Bonchev–Trinajstić information content (AvgIpc) is 2.31. The van der Waals surface area contributed by atoms with Crippen LogP contribution in [0.1, 0.15) is 42.9 Å². The van der Waals surface area contributed by atoms with E-state index in [2.05, 4.69) is 50.8 Å². The first-order valence-electron chi connectivity index (χ1n) is 7.04. The lowest BCUT2D eigenvalue weighted by molar-refractivity contribution is 0.152. The molecule has 0 saturated carbocycles. The molecular formula is C16H26N2. The molecule has 2 nitrogen and oxygen atoms in total. The summed E-state index contributed by atoms with van der Waals surface area (Å²) in [6.45, 7) is 11.1. The van der Waals surface area contributed by atoms with E-state index >= 15 is 0 Å². The number of nitrogens with two attached hydrogens (primary N) is 1. The molecule has 1 fully saturated rings. The van der Waals surface area contributed by atoms with Crippen LogP contribution in [0.2, 0.25) is 0 Å². The zero-order chi connectivity index (χ0) is 13.3. The summed E-state index contributed by atoms with van der Waals surface area (Å²) in [6, 6.07) is 7.77. The van der Waals surface area contributed by atoms with Gasteiger partial charge < -0.3 is 5.73 Å². The third kappa shape index (κ3) is 2.93. The molecule has 0 spiro atoms. The maximum Gasteiger partial charge on any atom is 0.0174 e. The highest BCUT2D eigenvalue weighted by Gasteiger charge is 2.27. The van der Waals surface area contributed by atoms with Crippen molar-refractivity contribution in [1.29, 1.82) is 0 Å². The Kier molecular flexibility index (Phi) is 4.08. The summed E-state index contributed by atoms with van der Waals surface area (Å²) in [6.07, 6.45) is 1.12. The number of likely N-dealkylation sites (tertiary alicyclic amines) is 1. The number of aryl methyl sites for hydroxylation is 2. The molecule has 0 amide bonds. The van der Waals surface area contributed by atoms with Crippen LogP contribution in [0.25, 0.3) is 0 Å². The minimum Gasteiger partial charge on any atom is -0.327 e. The van der Waals surface area contributed by atoms with Gasteiger partial charge in [-0.25, -0.2) is 0 Å². The second-order valence-corrected chi connectivity index (χ2v) is 6.08. The molecule has 1 aliphatic heterocycles. The van der Waals surface area contributed by atoms with Crippen LogP contribution in [0.5, 0.6) is 0 Å². The number of hydrogen-bond donors (Lipinski definition) is 1. The Morgan fingerprint density at radius 1 is 1.17 bits per heavy atom. The van der Waals surface area contributed by atoms with E-state index < -0.39 is 0 Å². The van der Waals surface area contributed by atoms with Crippen molar-refractivity contribution in [2.75, 3.05) is 13.1 Å². The van der Waals surface area contributed by atoms with Crippen molar-refractivity contribution in [2.24, 2.45) is 5.73 Å². The normalized spacial score (nSPS) is 25.7. The van der Waals surface area contributed by atoms with E-state index in [9.17, 15) is 0 Å². The minimum absolute atomic E-state index is 0.313. The Hall–Kier alpha value is -0.860. The van der Waals surface area contributed by atoms with Gasteiger partial charge >= 0.3 is 0 Å². The van der Waals surface area contributed by atoms with Crippen LogP contribution < -0.4 is 5.73 Å². The van der Waals surface area contributed by atoms with Crippen molar-refractivity contribution < 1.29 is 0 Å². The van der Waals surface area contributed by atoms with Gasteiger partial charge in [-0.15, -0.1) is 0 Å². The van der Waals surface area contributed by atoms with Gasteiger partial charge in [-0.05, 0) is 56.7 Å². The minimum atomic E-state index is 0.313. The van der Waals surface area contributed by atoms with E-state index in [4.69, 9.17) is 5.73 Å². The Morgan fingerprint density at radius 2 is 1.89 bits per heavy atom. The molecule has 0 bridgehead atoms. The fraction of sp³-hybridized carbons (Fsp3) is 0.625. The molecule has 1 saturated heterocycles. The standard InChI is InChI=1S/C16H26N2/c1-11(2)18-9-15(8-16(17)10-18)14-6-5-12(3)13(4)7-14/h5-7,11,15-16H,8-10,17H2,1-4H3. The first-order valence-corrected chi connectivity index (χ1v) is 7.04. The summed E-state index contributed by atoms with van der Waals surface area (Å²) < 4.78 is 0. The van der Waals surface area contributed by atoms with Gasteiger partial charge in [0.25, 0.3) is 0 Å². The molecule has 2 heteroatoms. The second-order valence-electron chi connectivity index (χ2n) is 6.08. The van der Waals surface area contributed by atoms with Crippen molar-refractivity contribution >= 4 is 0 Å². The Labute approximate surface area is 111 Å². The van der Waals surface area contributed by atoms with Crippen molar-refractivity contribution in [3.05, 3.63) is 34.9 Å². The van der Waals surface area contributed by atoms with Crippen molar-refractivity contribution in [1.82, 2.24) is 4.90 Å². The van der Waals surface area contributed by atoms with Crippen LogP contribution in [0.15, 0.2) is 18.2 Å². The van der Waals surface area contributed by atoms with Crippen LogP contribution in [-0.2, 0) is 0 Å². The van der Waals surface area contributed by atoms with E-state index in [1.54, 1.807) is 0 Å². The lowest BCUT2D eigenvalue weighted by Gasteiger charge is -2.39. The van der Waals surface area contributed by atoms with E-state index in [1.807, 2.05) is 0 Å². The first-order chi connectivity index (χ1) is 8.47. The molecule has 1 heterocycles. The monoisotopic (exact) mass is 246 g/mol. The van der Waals surface area contributed by atoms with E-state index in [-0.39, 0.29) is 0 Å². The molecule has 18 heavy (non-hydrogen) atoms. The molecular weight excluding hydrogens is 220 g/mol. The summed E-state index contributed by atoms with van der Waals surface area (Å²) in [5.74, 6) is 0.593. The van der Waals surface area contributed by atoms with E-state index in [0.717, 1.165) is 19.5 Å². The quantitative estimate of drug-likeness (QED) is 0.869. The number of nitrogens with zero attached hydrogens (tertiary/aromatic N) is 1. The van der Waals surface area contributed by atoms with Gasteiger partial charge in [0.05, 0.1) is 0 Å². The summed E-state index contributed by atoms with van der Waals surface area (Å²) >= 11 is 0. The highest BCUT2D eigenvalue weighted by molar-refractivity contribution is 5.32. The predicted molar refractivity (Wildman–Crippen MR) is 78.0 cm³/mol. The lowest BCUT2D eigenvalue weighted by Crippen LogP contribution is -2.48. The maximum atomic E-state index is 6.22. The topological polar surface area (TPSA) is 29.3 Å². The molecule has 0 aliphatic carbocycles. The Bertz CT molecular complexity index is 412. The fourth-order valence-electron chi connectivity index (χ4n) is 2.86. The van der Waals surface area contributed by atoms with E-state index in [1.165, 1.54) is 16.7 Å². The molecule has 2 rings (SSSR count). The van der Waals surface area contributed by atoms with Gasteiger partial charge in [0.2, 0.25) is 0 Å². The molecule has 2 unspecified atom stereocenters. The highest BCUT2D eigenvalue weighted by atomic mass is 15.2. The van der Waals surface area contributed by atoms with Gasteiger partial charge in [0, 0.05) is 25.2 Å². The predicted octanol–water partition coefficient (Wildman–Crippen LogP) is 2.83. The van der Waals surface area contributed by atoms with Gasteiger partial charge in [-0.2, -0.15) is 0 Å². The number of rotatable bonds is 2. The number of piperidine rings is 1. The number of benzene rings is 1.